The number of urea groups is 1. The van der Waals surface area contributed by atoms with Crippen LogP contribution in [0.4, 0.5) is 9.18 Å². The fourth-order valence-electron chi connectivity index (χ4n) is 5.02. The molecule has 4 rings (SSSR count). The maximum atomic E-state index is 13.6. The predicted molar refractivity (Wildman–Crippen MR) is 147 cm³/mol. The summed E-state index contributed by atoms with van der Waals surface area (Å²) in [5, 5.41) is 27.8. The number of nitrogens with zero attached hydrogens (tertiary/aromatic N) is 2. The van der Waals surface area contributed by atoms with Gasteiger partial charge in [-0.05, 0) is 42.2 Å². The molecule has 4 amide bonds. The average Bonchev–Trinajstić information content (AvgIpc) is 2.94. The maximum Gasteiger partial charge on any atom is 0.526 e. The fraction of sp³-hybridized carbons (Fsp3) is 0.346. The van der Waals surface area contributed by atoms with E-state index in [9.17, 15) is 46.9 Å². The lowest BCUT2D eigenvalue weighted by molar-refractivity contribution is -0.153. The van der Waals surface area contributed by atoms with Crippen LogP contribution in [0.25, 0.3) is 0 Å². The number of benzene rings is 2. The number of carboxylic acids is 1. The number of carbonyl (C=O) groups excluding carboxylic acids is 4. The second-order valence-electron chi connectivity index (χ2n) is 10.1. The molecule has 0 aromatic heterocycles. The molecule has 228 valence electrons. The van der Waals surface area contributed by atoms with Crippen LogP contribution in [0.3, 0.4) is 0 Å². The number of aryl methyl sites for hydroxylation is 1. The van der Waals surface area contributed by atoms with Crippen LogP contribution < -0.4 is 15.1 Å². The molecular formula is C26H28BFN4O10S. The molecule has 2 aromatic carbocycles. The highest BCUT2D eigenvalue weighted by Crippen LogP contribution is 2.38. The Morgan fingerprint density at radius 2 is 1.81 bits per heavy atom. The SMILES string of the molecule is Cc1ccc2c(c1C(=O)O)OB(O)[C@@H](CC(=O)C(NC(=O)N1CCN(CCF)C(=O)C1=O)c1ccc(S(N)(=O)=O)cc1)C2. The third-order valence-electron chi connectivity index (χ3n) is 7.29. The minimum Gasteiger partial charge on any atom is -0.535 e. The van der Waals surface area contributed by atoms with Crippen molar-refractivity contribution in [3.63, 3.8) is 0 Å². The maximum absolute atomic E-state index is 13.6. The second-order valence-corrected chi connectivity index (χ2v) is 11.7. The van der Waals surface area contributed by atoms with Crippen molar-refractivity contribution in [2.75, 3.05) is 26.3 Å². The van der Waals surface area contributed by atoms with E-state index in [-0.39, 0.29) is 47.8 Å². The number of hydrogen-bond acceptors (Lipinski definition) is 9. The number of rotatable bonds is 9. The van der Waals surface area contributed by atoms with Gasteiger partial charge in [0.15, 0.2) is 5.78 Å². The smallest absolute Gasteiger partial charge is 0.526 e. The highest BCUT2D eigenvalue weighted by atomic mass is 32.2. The Labute approximate surface area is 245 Å². The van der Waals surface area contributed by atoms with Crippen molar-refractivity contribution in [1.29, 1.82) is 0 Å². The van der Waals surface area contributed by atoms with Crippen molar-refractivity contribution < 1.29 is 51.6 Å². The highest BCUT2D eigenvalue weighted by molar-refractivity contribution is 7.89. The van der Waals surface area contributed by atoms with Gasteiger partial charge in [0, 0.05) is 31.9 Å². The first kappa shape index (κ1) is 31.6. The molecule has 2 aliphatic heterocycles. The fourth-order valence-corrected chi connectivity index (χ4v) is 5.54. The molecule has 17 heteroatoms. The van der Waals surface area contributed by atoms with E-state index in [1.54, 1.807) is 19.1 Å². The molecule has 1 saturated heterocycles. The van der Waals surface area contributed by atoms with E-state index < -0.39 is 71.7 Å². The van der Waals surface area contributed by atoms with Crippen LogP contribution in [0.1, 0.15) is 39.5 Å². The molecule has 43 heavy (non-hydrogen) atoms. The third kappa shape index (κ3) is 6.68. The molecule has 1 unspecified atom stereocenters. The molecule has 1 fully saturated rings. The highest BCUT2D eigenvalue weighted by Gasteiger charge is 2.41. The lowest BCUT2D eigenvalue weighted by Gasteiger charge is -2.33. The van der Waals surface area contributed by atoms with E-state index >= 15 is 0 Å². The van der Waals surface area contributed by atoms with E-state index in [4.69, 9.17) is 9.79 Å². The number of nitrogens with two attached hydrogens (primary N) is 1. The van der Waals surface area contributed by atoms with Gasteiger partial charge in [-0.15, -0.1) is 0 Å². The zero-order valence-electron chi connectivity index (χ0n) is 22.9. The zero-order chi connectivity index (χ0) is 31.6. The number of nitrogens with one attached hydrogen (secondary N) is 1. The minimum atomic E-state index is -4.09. The normalized spacial score (nSPS) is 17.7. The Balaban J connectivity index is 1.59. The molecule has 0 radical (unpaired) electrons. The first-order valence-corrected chi connectivity index (χ1v) is 14.6. The van der Waals surface area contributed by atoms with Crippen LogP contribution in [0.2, 0.25) is 5.82 Å². The number of sulfonamides is 1. The second kappa shape index (κ2) is 12.5. The van der Waals surface area contributed by atoms with Gasteiger partial charge < -0.3 is 25.0 Å². The Kier molecular flexibility index (Phi) is 9.17. The van der Waals surface area contributed by atoms with Crippen LogP contribution in [0.15, 0.2) is 41.3 Å². The summed E-state index contributed by atoms with van der Waals surface area (Å²) in [5.41, 5.74) is 0.847. The van der Waals surface area contributed by atoms with Gasteiger partial charge in [0.2, 0.25) is 10.0 Å². The number of fused-ring (bicyclic) bond motifs is 1. The Bertz CT molecular complexity index is 1590. The van der Waals surface area contributed by atoms with Gasteiger partial charge in [-0.1, -0.05) is 24.3 Å². The number of imide groups is 1. The Morgan fingerprint density at radius 1 is 1.14 bits per heavy atom. The number of carbonyl (C=O) groups is 5. The molecule has 5 N–H and O–H groups in total. The van der Waals surface area contributed by atoms with Crippen LogP contribution in [0.5, 0.6) is 5.75 Å². The van der Waals surface area contributed by atoms with Crippen molar-refractivity contribution in [2.24, 2.45) is 5.14 Å². The van der Waals surface area contributed by atoms with Gasteiger partial charge in [0.05, 0.1) is 4.90 Å². The van der Waals surface area contributed by atoms with E-state index in [1.165, 1.54) is 12.1 Å². The van der Waals surface area contributed by atoms with Gasteiger partial charge in [0.1, 0.15) is 24.0 Å². The summed E-state index contributed by atoms with van der Waals surface area (Å²) in [6, 6.07) is 5.33. The van der Waals surface area contributed by atoms with Gasteiger partial charge in [-0.25, -0.2) is 27.5 Å². The number of ketones is 1. The quantitative estimate of drug-likeness (QED) is 0.221. The molecule has 2 aromatic rings. The molecule has 0 saturated carbocycles. The van der Waals surface area contributed by atoms with E-state index in [1.807, 2.05) is 0 Å². The molecule has 0 bridgehead atoms. The number of alkyl halides is 1. The monoisotopic (exact) mass is 618 g/mol. The third-order valence-corrected chi connectivity index (χ3v) is 8.22. The van der Waals surface area contributed by atoms with Crippen molar-refractivity contribution in [1.82, 2.24) is 15.1 Å². The van der Waals surface area contributed by atoms with Gasteiger partial charge in [0.25, 0.3) is 0 Å². The van der Waals surface area contributed by atoms with E-state index in [0.29, 0.717) is 16.0 Å². The first-order valence-electron chi connectivity index (χ1n) is 13.1. The van der Waals surface area contributed by atoms with Crippen LogP contribution in [-0.4, -0.2) is 91.4 Å². The van der Waals surface area contributed by atoms with Crippen molar-refractivity contribution in [3.05, 3.63) is 58.7 Å². The Morgan fingerprint density at radius 3 is 2.42 bits per heavy atom. The number of Topliss-reactive ketones (excluding diaryl/α,β-unsaturated/α-hetero) is 1. The summed E-state index contributed by atoms with van der Waals surface area (Å²) in [6.07, 6.45) is -0.340. The number of hydrogen-bond donors (Lipinski definition) is 4. The first-order chi connectivity index (χ1) is 20.2. The van der Waals surface area contributed by atoms with Gasteiger partial charge in [-0.2, -0.15) is 0 Å². The summed E-state index contributed by atoms with van der Waals surface area (Å²) in [5.74, 6) is -5.11. The number of halogens is 1. The number of primary sulfonamides is 1. The summed E-state index contributed by atoms with van der Waals surface area (Å²) < 4.78 is 41.7. The largest absolute Gasteiger partial charge is 0.535 e. The lowest BCUT2D eigenvalue weighted by atomic mass is 9.64. The van der Waals surface area contributed by atoms with Crippen LogP contribution >= 0.6 is 0 Å². The van der Waals surface area contributed by atoms with Crippen molar-refractivity contribution >= 4 is 46.7 Å². The number of carboxylic acid groups (broad SMARTS) is 1. The topological polar surface area (TPSA) is 214 Å². The van der Waals surface area contributed by atoms with Crippen molar-refractivity contribution in [2.45, 2.75) is 36.5 Å². The summed E-state index contributed by atoms with van der Waals surface area (Å²) >= 11 is 0. The standard InChI is InChI=1S/C26H28BFN4O10S/c1-14-2-3-16-12-17(27(39)42-22(16)20(14)25(36)37)13-19(33)21(15-4-6-18(7-5-15)43(29,40)41)30-26(38)32-11-10-31(9-8-28)23(34)24(32)35/h2-7,17,21,39H,8-13H2,1H3,(H,30,38)(H,36,37)(H2,29,40,41)/t17-,21?/m1/s1. The molecule has 2 aliphatic rings. The van der Waals surface area contributed by atoms with E-state index in [2.05, 4.69) is 5.32 Å². The molecule has 0 aliphatic carbocycles. The van der Waals surface area contributed by atoms with Crippen LogP contribution in [-0.2, 0) is 30.8 Å². The zero-order valence-corrected chi connectivity index (χ0v) is 23.7. The molecule has 0 spiro atoms. The molecular weight excluding hydrogens is 590 g/mol. The van der Waals surface area contributed by atoms with Gasteiger partial charge >= 0.3 is 30.9 Å². The number of amides is 4. The van der Waals surface area contributed by atoms with E-state index in [0.717, 1.165) is 17.0 Å². The summed E-state index contributed by atoms with van der Waals surface area (Å²) in [7, 11) is -5.67. The van der Waals surface area contributed by atoms with Crippen molar-refractivity contribution in [3.8, 4) is 5.75 Å². The molecule has 2 atom stereocenters. The lowest BCUT2D eigenvalue weighted by Crippen LogP contribution is -2.59. The van der Waals surface area contributed by atoms with Gasteiger partial charge in [-0.3, -0.25) is 19.3 Å². The predicted octanol–water partition coefficient (Wildman–Crippen LogP) is 0.177. The average molecular weight is 618 g/mol. The Hall–Kier alpha value is -4.35. The molecule has 14 nitrogen and oxygen atoms in total. The summed E-state index contributed by atoms with van der Waals surface area (Å²) in [4.78, 5) is 64.7. The van der Waals surface area contributed by atoms with Crippen LogP contribution in [0, 0.1) is 6.92 Å². The molecule has 2 heterocycles. The number of piperazine rings is 1. The minimum absolute atomic E-state index is 0.0118. The summed E-state index contributed by atoms with van der Waals surface area (Å²) in [6.45, 7) is -0.0111. The number of aromatic carboxylic acids is 1.